The van der Waals surface area contributed by atoms with E-state index in [2.05, 4.69) is 31.4 Å². The van der Waals surface area contributed by atoms with Gasteiger partial charge in [-0.05, 0) is 66.8 Å². The molecule has 0 saturated carbocycles. The van der Waals surface area contributed by atoms with Crippen LogP contribution in [0, 0.1) is 31.6 Å². The van der Waals surface area contributed by atoms with E-state index in [1.54, 1.807) is 36.5 Å². The summed E-state index contributed by atoms with van der Waals surface area (Å²) in [5.41, 5.74) is 1.90. The van der Waals surface area contributed by atoms with Crippen LogP contribution in [0.25, 0.3) is 0 Å². The molecule has 5 rings (SSSR count). The number of nitrogens with one attached hydrogen (secondary N) is 2. The zero-order chi connectivity index (χ0) is 29.5. The Morgan fingerprint density at radius 2 is 1.78 bits per heavy atom. The van der Waals surface area contributed by atoms with E-state index in [1.807, 2.05) is 0 Å². The van der Waals surface area contributed by atoms with E-state index in [-0.39, 0.29) is 22.8 Å². The average molecular weight is 581 g/mol. The minimum atomic E-state index is -0.734. The summed E-state index contributed by atoms with van der Waals surface area (Å²) < 4.78 is 11.6. The molecule has 0 saturated heterocycles. The quantitative estimate of drug-likeness (QED) is 0.200. The molecule has 2 N–H and O–H groups in total. The van der Waals surface area contributed by atoms with Crippen LogP contribution in [0.1, 0.15) is 73.1 Å². The van der Waals surface area contributed by atoms with Crippen LogP contribution in [-0.2, 0) is 12.8 Å². The Balaban J connectivity index is 1.41. The largest absolute Gasteiger partial charge is 0.490 e. The Labute approximate surface area is 241 Å². The maximum absolute atomic E-state index is 13.3. The average Bonchev–Trinajstić information content (AvgIpc) is 3.32. The van der Waals surface area contributed by atoms with E-state index in [1.165, 1.54) is 10.9 Å². The molecule has 1 amide bonds. The van der Waals surface area contributed by atoms with Crippen LogP contribution in [0.2, 0.25) is 0 Å². The van der Waals surface area contributed by atoms with Crippen LogP contribution in [0.3, 0.4) is 0 Å². The molecule has 0 spiro atoms. The lowest BCUT2D eigenvalue weighted by molar-refractivity contribution is -0.394. The monoisotopic (exact) mass is 580 g/mol. The smallest absolute Gasteiger partial charge is 0.318 e. The summed E-state index contributed by atoms with van der Waals surface area (Å²) in [6.07, 6.45) is 3.53. The van der Waals surface area contributed by atoms with Gasteiger partial charge in [-0.25, -0.2) is 0 Å². The van der Waals surface area contributed by atoms with Crippen LogP contribution >= 0.6 is 11.3 Å². The highest BCUT2D eigenvalue weighted by molar-refractivity contribution is 7.16. The first kappa shape index (κ1) is 28.3. The maximum atomic E-state index is 13.3. The van der Waals surface area contributed by atoms with Gasteiger partial charge < -0.3 is 20.1 Å². The van der Waals surface area contributed by atoms with E-state index in [0.29, 0.717) is 18.3 Å². The summed E-state index contributed by atoms with van der Waals surface area (Å²) in [4.78, 5) is 35.8. The Morgan fingerprint density at radius 3 is 2.46 bits per heavy atom. The lowest BCUT2D eigenvalue weighted by Gasteiger charge is -2.36. The van der Waals surface area contributed by atoms with Crippen LogP contribution in [-0.4, -0.2) is 22.4 Å². The Kier molecular flexibility index (Phi) is 7.60. The molecule has 1 aliphatic carbocycles. The van der Waals surface area contributed by atoms with Crippen molar-refractivity contribution in [2.45, 2.75) is 59.5 Å². The number of carbonyl (C=O) groups excluding carboxylic acids is 1. The van der Waals surface area contributed by atoms with Gasteiger partial charge in [0.15, 0.2) is 11.5 Å². The molecule has 12 heteroatoms. The number of rotatable bonds is 9. The van der Waals surface area contributed by atoms with Gasteiger partial charge >= 0.3 is 5.69 Å². The number of benzene rings is 2. The normalized spacial score (nSPS) is 18.0. The molecule has 0 unspecified atom stereocenters. The van der Waals surface area contributed by atoms with Crippen molar-refractivity contribution >= 4 is 33.6 Å². The second-order valence-corrected chi connectivity index (χ2v) is 12.1. The van der Waals surface area contributed by atoms with Crippen LogP contribution in [0.4, 0.5) is 16.4 Å². The predicted molar refractivity (Wildman–Crippen MR) is 155 cm³/mol. The van der Waals surface area contributed by atoms with Crippen LogP contribution in [0.5, 0.6) is 17.2 Å². The van der Waals surface area contributed by atoms with Gasteiger partial charge in [0.05, 0.1) is 28.1 Å². The molecule has 2 heterocycles. The van der Waals surface area contributed by atoms with Crippen molar-refractivity contribution in [3.63, 3.8) is 0 Å². The summed E-state index contributed by atoms with van der Waals surface area (Å²) in [6, 6.07) is 8.25. The molecule has 216 valence electrons. The predicted octanol–water partition coefficient (Wildman–Crippen LogP) is 7.15. The highest BCUT2D eigenvalue weighted by Gasteiger charge is 2.37. The fourth-order valence-electron chi connectivity index (χ4n) is 5.44. The van der Waals surface area contributed by atoms with Gasteiger partial charge in [0.25, 0.3) is 11.6 Å². The number of anilines is 1. The van der Waals surface area contributed by atoms with Crippen LogP contribution in [0.15, 0.2) is 36.4 Å². The van der Waals surface area contributed by atoms with Crippen molar-refractivity contribution in [2.24, 2.45) is 11.3 Å². The highest BCUT2D eigenvalue weighted by Crippen LogP contribution is 2.47. The van der Waals surface area contributed by atoms with Gasteiger partial charge in [-0.15, -0.1) is 11.3 Å². The third-order valence-corrected chi connectivity index (χ3v) is 9.42. The molecule has 3 aromatic rings. The number of fused-ring (bicyclic) bond motifs is 3. The number of carbonyl (C=O) groups is 1. The standard InChI is InChI=1S/C29H32N4O7S/c1-5-29(3,4)17-8-10-19-24(14-17)41-28-25(19)27(34)30-26(31-28)16-7-11-22(23(13-16)39-6-2)40-21-12-9-18(32(35)36)15-20(21)33(37)38/h7,9,11-13,15,17,26,31H,5-6,8,10,14H2,1-4H3,(H,30,34)/t17-,26+/m0/s1. The van der Waals surface area contributed by atoms with Gasteiger partial charge in [-0.3, -0.25) is 25.0 Å². The molecule has 2 aromatic carbocycles. The number of amides is 1. The molecular weight excluding hydrogens is 548 g/mol. The van der Waals surface area contributed by atoms with Gasteiger partial charge in [-0.2, -0.15) is 0 Å². The molecule has 0 fully saturated rings. The molecule has 11 nitrogen and oxygen atoms in total. The fourth-order valence-corrected chi connectivity index (χ4v) is 6.80. The number of thiophene rings is 1. The first-order chi connectivity index (χ1) is 19.5. The van der Waals surface area contributed by atoms with Crippen molar-refractivity contribution in [1.82, 2.24) is 5.32 Å². The first-order valence-corrected chi connectivity index (χ1v) is 14.4. The first-order valence-electron chi connectivity index (χ1n) is 13.6. The molecular formula is C29H32N4O7S. The molecule has 1 aliphatic heterocycles. The van der Waals surface area contributed by atoms with Gasteiger partial charge in [0.2, 0.25) is 5.75 Å². The number of nitro benzene ring substituents is 2. The Morgan fingerprint density at radius 1 is 1.02 bits per heavy atom. The highest BCUT2D eigenvalue weighted by atomic mass is 32.1. The van der Waals surface area contributed by atoms with Crippen molar-refractivity contribution < 1.29 is 24.1 Å². The minimum Gasteiger partial charge on any atom is -0.490 e. The summed E-state index contributed by atoms with van der Waals surface area (Å²) in [6.45, 7) is 8.96. The van der Waals surface area contributed by atoms with Gasteiger partial charge in [0, 0.05) is 10.9 Å². The Hall–Kier alpha value is -4.19. The van der Waals surface area contributed by atoms with Gasteiger partial charge in [0.1, 0.15) is 11.2 Å². The molecule has 41 heavy (non-hydrogen) atoms. The fraction of sp³-hybridized carbons (Fsp3) is 0.414. The molecule has 2 atom stereocenters. The van der Waals surface area contributed by atoms with Crippen molar-refractivity contribution in [1.29, 1.82) is 0 Å². The summed E-state index contributed by atoms with van der Waals surface area (Å²) in [7, 11) is 0. The van der Waals surface area contributed by atoms with E-state index >= 15 is 0 Å². The van der Waals surface area contributed by atoms with E-state index in [4.69, 9.17) is 9.47 Å². The molecule has 0 radical (unpaired) electrons. The zero-order valence-electron chi connectivity index (χ0n) is 23.3. The zero-order valence-corrected chi connectivity index (χ0v) is 24.1. The third-order valence-electron chi connectivity index (χ3n) is 8.23. The van der Waals surface area contributed by atoms with E-state index < -0.39 is 27.4 Å². The third kappa shape index (κ3) is 5.43. The minimum absolute atomic E-state index is 0.116. The molecule has 1 aromatic heterocycles. The summed E-state index contributed by atoms with van der Waals surface area (Å²) >= 11 is 1.66. The second-order valence-electron chi connectivity index (χ2n) is 10.9. The lowest BCUT2D eigenvalue weighted by atomic mass is 9.69. The number of non-ortho nitro benzene ring substituents is 1. The second kappa shape index (κ2) is 11.0. The summed E-state index contributed by atoms with van der Waals surface area (Å²) in [5.74, 6) is 0.819. The Bertz CT molecular complexity index is 1530. The van der Waals surface area contributed by atoms with Gasteiger partial charge in [-0.1, -0.05) is 33.3 Å². The SMILES string of the molecule is CCOc1cc([C@@H]2NC(=O)c3c(sc4c3CC[C@H](C(C)(C)CC)C4)N2)ccc1Oc1ccc([N+](=O)[O-])cc1[N+](=O)[O-]. The van der Waals surface area contributed by atoms with E-state index in [0.717, 1.165) is 59.5 Å². The lowest BCUT2D eigenvalue weighted by Crippen LogP contribution is -2.38. The molecule has 2 aliphatic rings. The number of nitrogens with zero attached hydrogens (tertiary/aromatic N) is 2. The van der Waals surface area contributed by atoms with Crippen molar-refractivity contribution in [2.75, 3.05) is 11.9 Å². The number of ether oxygens (including phenoxy) is 2. The number of hydrogen-bond donors (Lipinski definition) is 2. The van der Waals surface area contributed by atoms with Crippen molar-refractivity contribution in [3.8, 4) is 17.2 Å². The molecule has 0 bridgehead atoms. The van der Waals surface area contributed by atoms with Crippen molar-refractivity contribution in [3.05, 3.63) is 78.2 Å². The summed E-state index contributed by atoms with van der Waals surface area (Å²) in [5, 5.41) is 30.1. The number of nitro groups is 2. The number of hydrogen-bond acceptors (Lipinski definition) is 9. The maximum Gasteiger partial charge on any atom is 0.318 e. The van der Waals surface area contributed by atoms with Crippen LogP contribution < -0.4 is 20.1 Å². The van der Waals surface area contributed by atoms with E-state index in [9.17, 15) is 25.0 Å². The topological polar surface area (TPSA) is 146 Å².